The number of benzene rings is 2. The lowest BCUT2D eigenvalue weighted by molar-refractivity contribution is 1.26. The maximum absolute atomic E-state index is 8.76. The Bertz CT molecular complexity index is 499. The largest absolute Gasteiger partial charge is 0.197 e. The van der Waals surface area contributed by atoms with Gasteiger partial charge in [-0.15, -0.1) is 0 Å². The van der Waals surface area contributed by atoms with Gasteiger partial charge in [0.15, 0.2) is 0 Å². The van der Waals surface area contributed by atoms with Gasteiger partial charge in [-0.3, -0.25) is 0 Å². The zero-order valence-corrected chi connectivity index (χ0v) is 9.03. The molecule has 0 aliphatic carbocycles. The molecule has 0 aliphatic heterocycles. The van der Waals surface area contributed by atoms with E-state index >= 15 is 0 Å². The van der Waals surface area contributed by atoms with E-state index in [9.17, 15) is 0 Å². The lowest BCUT2D eigenvalue weighted by Crippen LogP contribution is -1.85. The van der Waals surface area contributed by atoms with E-state index in [0.29, 0.717) is 0 Å². The first-order chi connectivity index (χ1) is 6.81. The summed E-state index contributed by atoms with van der Waals surface area (Å²) in [7, 11) is 0. The molecule has 1 atom stereocenters. The van der Waals surface area contributed by atoms with Gasteiger partial charge in [0.25, 0.3) is 0 Å². The second-order valence-electron chi connectivity index (χ2n) is 3.10. The molecule has 0 amide bonds. The van der Waals surface area contributed by atoms with Crippen LogP contribution in [0.3, 0.4) is 0 Å². The molecular formula is C12H8BrN. The van der Waals surface area contributed by atoms with Gasteiger partial charge < -0.3 is 0 Å². The SMILES string of the molecule is N#CC(Br)c1ccc2ccccc2c1. The van der Waals surface area contributed by atoms with Crippen LogP contribution in [0.4, 0.5) is 0 Å². The van der Waals surface area contributed by atoms with E-state index in [1.165, 1.54) is 10.8 Å². The lowest BCUT2D eigenvalue weighted by Gasteiger charge is -2.03. The first-order valence-corrected chi connectivity index (χ1v) is 5.25. The van der Waals surface area contributed by atoms with Gasteiger partial charge in [-0.25, -0.2) is 0 Å². The highest BCUT2D eigenvalue weighted by Gasteiger charge is 2.05. The van der Waals surface area contributed by atoms with E-state index in [2.05, 4.69) is 34.1 Å². The number of alkyl halides is 1. The van der Waals surface area contributed by atoms with Crippen LogP contribution in [0, 0.1) is 11.3 Å². The fraction of sp³-hybridized carbons (Fsp3) is 0.0833. The monoisotopic (exact) mass is 245 g/mol. The summed E-state index contributed by atoms with van der Waals surface area (Å²) >= 11 is 3.31. The molecule has 0 fully saturated rings. The Hall–Kier alpha value is -1.33. The van der Waals surface area contributed by atoms with Crippen molar-refractivity contribution >= 4 is 26.7 Å². The number of fused-ring (bicyclic) bond motifs is 1. The van der Waals surface area contributed by atoms with Gasteiger partial charge in [-0.05, 0) is 22.4 Å². The number of nitrogens with zero attached hydrogens (tertiary/aromatic N) is 1. The summed E-state index contributed by atoms with van der Waals surface area (Å²) in [5.74, 6) is 0. The molecular weight excluding hydrogens is 238 g/mol. The Morgan fingerprint density at radius 2 is 1.79 bits per heavy atom. The van der Waals surface area contributed by atoms with Gasteiger partial charge in [-0.2, -0.15) is 5.26 Å². The molecule has 0 N–H and O–H groups in total. The van der Waals surface area contributed by atoms with Gasteiger partial charge in [0.05, 0.1) is 6.07 Å². The molecule has 1 nitrogen and oxygen atoms in total. The molecule has 0 bridgehead atoms. The van der Waals surface area contributed by atoms with E-state index in [4.69, 9.17) is 5.26 Å². The third-order valence-corrected chi connectivity index (χ3v) is 2.91. The Morgan fingerprint density at radius 3 is 2.50 bits per heavy atom. The minimum absolute atomic E-state index is 0.216. The second-order valence-corrected chi connectivity index (χ2v) is 4.01. The Labute approximate surface area is 91.1 Å². The lowest BCUT2D eigenvalue weighted by atomic mass is 10.1. The summed E-state index contributed by atoms with van der Waals surface area (Å²) in [4.78, 5) is -0.216. The third-order valence-electron chi connectivity index (χ3n) is 2.18. The van der Waals surface area contributed by atoms with Crippen LogP contribution in [0.2, 0.25) is 0 Å². The zero-order valence-electron chi connectivity index (χ0n) is 7.44. The van der Waals surface area contributed by atoms with Crippen molar-refractivity contribution in [2.45, 2.75) is 4.83 Å². The Morgan fingerprint density at radius 1 is 1.07 bits per heavy atom. The highest BCUT2D eigenvalue weighted by molar-refractivity contribution is 9.09. The fourth-order valence-electron chi connectivity index (χ4n) is 1.44. The molecule has 2 aromatic carbocycles. The number of rotatable bonds is 1. The molecule has 14 heavy (non-hydrogen) atoms. The molecule has 2 aromatic rings. The maximum atomic E-state index is 8.76. The van der Waals surface area contributed by atoms with Crippen LogP contribution >= 0.6 is 15.9 Å². The van der Waals surface area contributed by atoms with Crippen LogP contribution in [0.15, 0.2) is 42.5 Å². The smallest absolute Gasteiger partial charge is 0.126 e. The standard InChI is InChI=1S/C12H8BrN/c13-12(8-14)11-6-5-9-3-1-2-4-10(9)7-11/h1-7,12H. The molecule has 0 aromatic heterocycles. The van der Waals surface area contributed by atoms with Crippen LogP contribution in [0.25, 0.3) is 10.8 Å². The normalized spacial score (nSPS) is 12.3. The average molecular weight is 246 g/mol. The predicted octanol–water partition coefficient (Wildman–Crippen LogP) is 3.80. The number of nitriles is 1. The van der Waals surface area contributed by atoms with E-state index in [1.807, 2.05) is 30.3 Å². The molecule has 1 unspecified atom stereocenters. The van der Waals surface area contributed by atoms with Crippen molar-refractivity contribution in [2.24, 2.45) is 0 Å². The molecule has 2 heteroatoms. The highest BCUT2D eigenvalue weighted by Crippen LogP contribution is 2.25. The van der Waals surface area contributed by atoms with Crippen molar-refractivity contribution in [1.82, 2.24) is 0 Å². The molecule has 2 rings (SSSR count). The van der Waals surface area contributed by atoms with Crippen LogP contribution < -0.4 is 0 Å². The highest BCUT2D eigenvalue weighted by atomic mass is 79.9. The zero-order chi connectivity index (χ0) is 9.97. The van der Waals surface area contributed by atoms with Crippen LogP contribution in [-0.2, 0) is 0 Å². The third kappa shape index (κ3) is 1.64. The van der Waals surface area contributed by atoms with Crippen molar-refractivity contribution in [3.05, 3.63) is 48.0 Å². The van der Waals surface area contributed by atoms with Crippen LogP contribution in [0.5, 0.6) is 0 Å². The van der Waals surface area contributed by atoms with Gasteiger partial charge in [0, 0.05) is 0 Å². The summed E-state index contributed by atoms with van der Waals surface area (Å²) in [5, 5.41) is 11.1. The topological polar surface area (TPSA) is 23.8 Å². The molecule has 0 heterocycles. The van der Waals surface area contributed by atoms with E-state index in [-0.39, 0.29) is 4.83 Å². The van der Waals surface area contributed by atoms with Crippen molar-refractivity contribution in [3.8, 4) is 6.07 Å². The second kappa shape index (κ2) is 3.81. The van der Waals surface area contributed by atoms with E-state index in [0.717, 1.165) is 5.56 Å². The number of hydrogen-bond acceptors (Lipinski definition) is 1. The molecule has 0 saturated carbocycles. The van der Waals surface area contributed by atoms with Gasteiger partial charge >= 0.3 is 0 Å². The molecule has 0 spiro atoms. The maximum Gasteiger partial charge on any atom is 0.126 e. The molecule has 0 saturated heterocycles. The van der Waals surface area contributed by atoms with Crippen molar-refractivity contribution < 1.29 is 0 Å². The summed E-state index contributed by atoms with van der Waals surface area (Å²) in [5.41, 5.74) is 1.01. The van der Waals surface area contributed by atoms with Gasteiger partial charge in [0.1, 0.15) is 4.83 Å². The van der Waals surface area contributed by atoms with Crippen LogP contribution in [-0.4, -0.2) is 0 Å². The average Bonchev–Trinajstić information content (AvgIpc) is 2.27. The first kappa shape index (κ1) is 9.23. The van der Waals surface area contributed by atoms with Crippen molar-refractivity contribution in [2.75, 3.05) is 0 Å². The fourth-order valence-corrected chi connectivity index (χ4v) is 1.72. The summed E-state index contributed by atoms with van der Waals surface area (Å²) in [6, 6.07) is 16.3. The molecule has 0 radical (unpaired) electrons. The first-order valence-electron chi connectivity index (χ1n) is 4.33. The summed E-state index contributed by atoms with van der Waals surface area (Å²) in [6.45, 7) is 0. The van der Waals surface area contributed by atoms with Crippen LogP contribution in [0.1, 0.15) is 10.4 Å². The minimum atomic E-state index is -0.216. The number of hydrogen-bond donors (Lipinski definition) is 0. The predicted molar refractivity (Wildman–Crippen MR) is 61.2 cm³/mol. The molecule has 68 valence electrons. The van der Waals surface area contributed by atoms with E-state index in [1.54, 1.807) is 0 Å². The van der Waals surface area contributed by atoms with Gasteiger partial charge in [-0.1, -0.05) is 52.3 Å². The summed E-state index contributed by atoms with van der Waals surface area (Å²) < 4.78 is 0. The molecule has 0 aliphatic rings. The Balaban J connectivity index is 2.58. The Kier molecular flexibility index (Phi) is 2.51. The minimum Gasteiger partial charge on any atom is -0.197 e. The van der Waals surface area contributed by atoms with Crippen molar-refractivity contribution in [3.63, 3.8) is 0 Å². The van der Waals surface area contributed by atoms with Crippen molar-refractivity contribution in [1.29, 1.82) is 5.26 Å². The number of halogens is 1. The summed E-state index contributed by atoms with van der Waals surface area (Å²) in [6.07, 6.45) is 0. The van der Waals surface area contributed by atoms with Gasteiger partial charge in [0.2, 0.25) is 0 Å². The quantitative estimate of drug-likeness (QED) is 0.702. The van der Waals surface area contributed by atoms with E-state index < -0.39 is 0 Å².